The summed E-state index contributed by atoms with van der Waals surface area (Å²) >= 11 is 4.41. The number of benzene rings is 1. The molecule has 0 bridgehead atoms. The SMILES string of the molecule is NC(=S)Nc1c(C(=O)O)cc(C(F)(F)F)cc1[N+](=O)[O-]. The van der Waals surface area contributed by atoms with E-state index in [1.807, 2.05) is 5.32 Å². The Hall–Kier alpha value is -2.43. The van der Waals surface area contributed by atoms with Gasteiger partial charge in [0.05, 0.1) is 16.1 Å². The number of hydrogen-bond donors (Lipinski definition) is 3. The first-order chi connectivity index (χ1) is 9.04. The molecule has 11 heteroatoms. The maximum atomic E-state index is 12.6. The molecule has 1 aromatic rings. The van der Waals surface area contributed by atoms with Gasteiger partial charge in [-0.25, -0.2) is 4.79 Å². The van der Waals surface area contributed by atoms with Crippen molar-refractivity contribution in [1.82, 2.24) is 0 Å². The highest BCUT2D eigenvalue weighted by atomic mass is 32.1. The van der Waals surface area contributed by atoms with Crippen molar-refractivity contribution in [2.75, 3.05) is 5.32 Å². The number of hydrogen-bond acceptors (Lipinski definition) is 4. The average molecular weight is 309 g/mol. The molecule has 0 unspecified atom stereocenters. The minimum Gasteiger partial charge on any atom is -0.478 e. The summed E-state index contributed by atoms with van der Waals surface area (Å²) in [5, 5.41) is 21.1. The third kappa shape index (κ3) is 3.32. The summed E-state index contributed by atoms with van der Waals surface area (Å²) in [4.78, 5) is 20.6. The highest BCUT2D eigenvalue weighted by Crippen LogP contribution is 2.37. The molecule has 0 spiro atoms. The fraction of sp³-hybridized carbons (Fsp3) is 0.111. The molecule has 0 aliphatic heterocycles. The van der Waals surface area contributed by atoms with Gasteiger partial charge in [0.15, 0.2) is 5.11 Å². The van der Waals surface area contributed by atoms with E-state index in [4.69, 9.17) is 10.8 Å². The Morgan fingerprint density at radius 2 is 2.00 bits per heavy atom. The highest BCUT2D eigenvalue weighted by Gasteiger charge is 2.36. The molecule has 108 valence electrons. The zero-order valence-corrected chi connectivity index (χ0v) is 10.2. The van der Waals surface area contributed by atoms with Crippen LogP contribution in [0.15, 0.2) is 12.1 Å². The van der Waals surface area contributed by atoms with Crippen molar-refractivity contribution in [2.24, 2.45) is 5.73 Å². The zero-order chi connectivity index (χ0) is 15.7. The van der Waals surface area contributed by atoms with Crippen molar-refractivity contribution in [2.45, 2.75) is 6.18 Å². The van der Waals surface area contributed by atoms with Gasteiger partial charge in [-0.2, -0.15) is 13.2 Å². The van der Waals surface area contributed by atoms with E-state index in [-0.39, 0.29) is 12.1 Å². The first-order valence-electron chi connectivity index (χ1n) is 4.73. The summed E-state index contributed by atoms with van der Waals surface area (Å²) in [6.07, 6.45) is -4.93. The topological polar surface area (TPSA) is 118 Å². The van der Waals surface area contributed by atoms with Crippen LogP contribution in [0, 0.1) is 10.1 Å². The molecule has 7 nitrogen and oxygen atoms in total. The van der Waals surface area contributed by atoms with Crippen LogP contribution in [0.1, 0.15) is 15.9 Å². The predicted molar refractivity (Wildman–Crippen MR) is 65.5 cm³/mol. The van der Waals surface area contributed by atoms with Crippen molar-refractivity contribution in [1.29, 1.82) is 0 Å². The number of carboxylic acid groups (broad SMARTS) is 1. The van der Waals surface area contributed by atoms with Gasteiger partial charge in [0.2, 0.25) is 0 Å². The second-order valence-electron chi connectivity index (χ2n) is 3.47. The van der Waals surface area contributed by atoms with Crippen LogP contribution in [-0.4, -0.2) is 21.1 Å². The van der Waals surface area contributed by atoms with E-state index < -0.39 is 44.7 Å². The molecule has 1 rings (SSSR count). The molecule has 20 heavy (non-hydrogen) atoms. The van der Waals surface area contributed by atoms with Gasteiger partial charge in [-0.3, -0.25) is 10.1 Å². The fourth-order valence-corrected chi connectivity index (χ4v) is 1.46. The lowest BCUT2D eigenvalue weighted by Gasteiger charge is -2.12. The lowest BCUT2D eigenvalue weighted by Crippen LogP contribution is -2.22. The number of rotatable bonds is 3. The van der Waals surface area contributed by atoms with E-state index in [1.54, 1.807) is 0 Å². The number of nitro groups is 1. The molecule has 0 aromatic heterocycles. The molecule has 0 saturated carbocycles. The van der Waals surface area contributed by atoms with E-state index in [9.17, 15) is 28.1 Å². The molecule has 0 aliphatic carbocycles. The Bertz CT molecular complexity index is 568. The monoisotopic (exact) mass is 309 g/mol. The quantitative estimate of drug-likeness (QED) is 0.443. The molecule has 0 saturated heterocycles. The first kappa shape index (κ1) is 15.6. The van der Waals surface area contributed by atoms with Gasteiger partial charge < -0.3 is 16.2 Å². The van der Waals surface area contributed by atoms with E-state index in [2.05, 4.69) is 12.2 Å². The molecular weight excluding hydrogens is 303 g/mol. The third-order valence-corrected chi connectivity index (χ3v) is 2.22. The summed E-state index contributed by atoms with van der Waals surface area (Å²) in [6.45, 7) is 0. The van der Waals surface area contributed by atoms with E-state index in [1.165, 1.54) is 0 Å². The molecule has 0 fully saturated rings. The largest absolute Gasteiger partial charge is 0.478 e. The number of nitrogens with two attached hydrogens (primary N) is 1. The van der Waals surface area contributed by atoms with Crippen molar-refractivity contribution in [3.05, 3.63) is 33.4 Å². The average Bonchev–Trinajstić information content (AvgIpc) is 2.25. The van der Waals surface area contributed by atoms with Crippen LogP contribution in [0.3, 0.4) is 0 Å². The number of halogens is 3. The van der Waals surface area contributed by atoms with Crippen molar-refractivity contribution in [3.63, 3.8) is 0 Å². The van der Waals surface area contributed by atoms with Crippen molar-refractivity contribution in [3.8, 4) is 0 Å². The van der Waals surface area contributed by atoms with Crippen molar-refractivity contribution >= 4 is 34.7 Å². The van der Waals surface area contributed by atoms with E-state index in [0.29, 0.717) is 0 Å². The second kappa shape index (κ2) is 5.28. The van der Waals surface area contributed by atoms with Gasteiger partial charge in [-0.15, -0.1) is 0 Å². The smallest absolute Gasteiger partial charge is 0.416 e. The molecular formula is C9H6F3N3O4S. The Labute approximate surface area is 114 Å². The fourth-order valence-electron chi connectivity index (χ4n) is 1.36. The highest BCUT2D eigenvalue weighted by molar-refractivity contribution is 7.80. The third-order valence-electron chi connectivity index (χ3n) is 2.12. The maximum absolute atomic E-state index is 12.6. The molecule has 0 radical (unpaired) electrons. The number of carbonyl (C=O) groups is 1. The van der Waals surface area contributed by atoms with Crippen LogP contribution in [0.2, 0.25) is 0 Å². The number of nitrogens with one attached hydrogen (secondary N) is 1. The summed E-state index contributed by atoms with van der Waals surface area (Å²) in [7, 11) is 0. The van der Waals surface area contributed by atoms with Crippen LogP contribution in [0.4, 0.5) is 24.5 Å². The van der Waals surface area contributed by atoms with E-state index in [0.717, 1.165) is 0 Å². The van der Waals surface area contributed by atoms with Gasteiger partial charge in [-0.05, 0) is 18.3 Å². The number of anilines is 1. The minimum absolute atomic E-state index is 0.201. The normalized spacial score (nSPS) is 10.9. The number of carboxylic acids is 1. The minimum atomic E-state index is -4.93. The first-order valence-corrected chi connectivity index (χ1v) is 5.14. The molecule has 0 amide bonds. The Balaban J connectivity index is 3.67. The van der Waals surface area contributed by atoms with Gasteiger partial charge in [0, 0.05) is 6.07 Å². The van der Waals surface area contributed by atoms with Crippen LogP contribution >= 0.6 is 12.2 Å². The Morgan fingerprint density at radius 3 is 2.35 bits per heavy atom. The van der Waals surface area contributed by atoms with E-state index >= 15 is 0 Å². The summed E-state index contributed by atoms with van der Waals surface area (Å²) in [6, 6.07) is 0.461. The lowest BCUT2D eigenvalue weighted by molar-refractivity contribution is -0.384. The predicted octanol–water partition coefficient (Wildman–Crippen LogP) is 1.97. The van der Waals surface area contributed by atoms with Crippen LogP contribution in [0.5, 0.6) is 0 Å². The van der Waals surface area contributed by atoms with Crippen LogP contribution in [-0.2, 0) is 6.18 Å². The van der Waals surface area contributed by atoms with Crippen molar-refractivity contribution < 1.29 is 28.0 Å². The Morgan fingerprint density at radius 1 is 1.45 bits per heavy atom. The van der Waals surface area contributed by atoms with Gasteiger partial charge >= 0.3 is 12.1 Å². The number of alkyl halides is 3. The standard InChI is InChI=1S/C9H6F3N3O4S/c10-9(11,12)3-1-4(7(16)17)6(14-8(13)20)5(2-3)15(18)19/h1-2H,(H,16,17)(H3,13,14,20). The molecule has 0 atom stereocenters. The van der Waals surface area contributed by atoms with Gasteiger partial charge in [0.25, 0.3) is 5.69 Å². The van der Waals surface area contributed by atoms with Gasteiger partial charge in [0.1, 0.15) is 5.69 Å². The maximum Gasteiger partial charge on any atom is 0.416 e. The summed E-state index contributed by atoms with van der Waals surface area (Å²) in [5.74, 6) is -1.79. The second-order valence-corrected chi connectivity index (χ2v) is 3.91. The van der Waals surface area contributed by atoms with Gasteiger partial charge in [-0.1, -0.05) is 0 Å². The Kier molecular flexibility index (Phi) is 4.13. The number of nitro benzene ring substituents is 1. The van der Waals surface area contributed by atoms with Crippen LogP contribution in [0.25, 0.3) is 0 Å². The molecule has 0 aliphatic rings. The number of aromatic carboxylic acids is 1. The lowest BCUT2D eigenvalue weighted by atomic mass is 10.1. The molecule has 0 heterocycles. The summed E-state index contributed by atoms with van der Waals surface area (Å²) in [5.41, 5.74) is 0.849. The number of thiocarbonyl (C=S) groups is 1. The summed E-state index contributed by atoms with van der Waals surface area (Å²) < 4.78 is 37.7. The molecule has 4 N–H and O–H groups in total. The number of nitrogens with zero attached hydrogens (tertiary/aromatic N) is 1. The van der Waals surface area contributed by atoms with Crippen LogP contribution < -0.4 is 11.1 Å². The zero-order valence-electron chi connectivity index (χ0n) is 9.39. The molecule has 1 aromatic carbocycles.